The van der Waals surface area contributed by atoms with Gasteiger partial charge in [-0.25, -0.2) is 4.79 Å². The van der Waals surface area contributed by atoms with E-state index in [1.54, 1.807) is 12.1 Å². The molecule has 5 nitrogen and oxygen atoms in total. The largest absolute Gasteiger partial charge is 0.465 e. The summed E-state index contributed by atoms with van der Waals surface area (Å²) >= 11 is 0. The SMILES string of the molecule is COC(=O)c1ccc(CC[C@H]2C(O)CC(O)[C@@H]2/C=C/CC(O)C2(CC3CC3)CCC2)cc1.[Ac]. The number of benzene rings is 1. The van der Waals surface area contributed by atoms with Gasteiger partial charge in [0.1, 0.15) is 0 Å². The standard InChI is InChI=1S/C27H38O5.Ac/c1-32-26(31)20-11-8-18(9-12-20)10-13-22-21(23(28)16-24(22)29)4-2-5-25(30)27(14-3-15-27)17-19-6-7-19;/h2,4,8-9,11-12,19,21-25,28-30H,3,5-7,10,13-17H2,1H3;/b4-2+;/t21-,22-,23?,24?,25?;/m1./s1. The maximum Gasteiger partial charge on any atom is 0.337 e. The van der Waals surface area contributed by atoms with E-state index in [0.29, 0.717) is 18.4 Å². The molecular formula is C27H38AcO5. The van der Waals surface area contributed by atoms with Crippen LogP contribution in [0, 0.1) is 67.2 Å². The normalized spacial score (nSPS) is 29.3. The minimum atomic E-state index is -0.547. The van der Waals surface area contributed by atoms with Crippen molar-refractivity contribution in [3.63, 3.8) is 0 Å². The van der Waals surface area contributed by atoms with Gasteiger partial charge in [0.15, 0.2) is 0 Å². The van der Waals surface area contributed by atoms with Crippen LogP contribution in [-0.4, -0.2) is 46.7 Å². The number of hydrogen-bond acceptors (Lipinski definition) is 5. The van der Waals surface area contributed by atoms with Gasteiger partial charge in [-0.15, -0.1) is 0 Å². The molecule has 0 heterocycles. The fraction of sp³-hybridized carbons (Fsp3) is 0.667. The van der Waals surface area contributed by atoms with Crippen LogP contribution in [0.2, 0.25) is 0 Å². The first-order valence-electron chi connectivity index (χ1n) is 12.3. The second-order valence-electron chi connectivity index (χ2n) is 10.4. The van der Waals surface area contributed by atoms with Gasteiger partial charge < -0.3 is 20.1 Å². The minimum absolute atomic E-state index is 0. The van der Waals surface area contributed by atoms with Crippen LogP contribution >= 0.6 is 0 Å². The molecule has 0 bridgehead atoms. The molecule has 0 aliphatic heterocycles. The van der Waals surface area contributed by atoms with Crippen molar-refractivity contribution in [2.45, 2.75) is 82.5 Å². The molecule has 3 aliphatic rings. The van der Waals surface area contributed by atoms with Gasteiger partial charge in [-0.3, -0.25) is 0 Å². The number of carbonyl (C=O) groups is 1. The van der Waals surface area contributed by atoms with Gasteiger partial charge in [0, 0.05) is 56.4 Å². The molecule has 3 fully saturated rings. The summed E-state index contributed by atoms with van der Waals surface area (Å²) in [6.45, 7) is 0. The number of aliphatic hydroxyl groups excluding tert-OH is 3. The third-order valence-corrected chi connectivity index (χ3v) is 8.22. The van der Waals surface area contributed by atoms with Gasteiger partial charge in [-0.05, 0) is 73.5 Å². The van der Waals surface area contributed by atoms with E-state index < -0.39 is 12.2 Å². The zero-order valence-corrected chi connectivity index (χ0v) is 24.5. The molecule has 179 valence electrons. The van der Waals surface area contributed by atoms with Crippen LogP contribution in [0.1, 0.15) is 73.7 Å². The van der Waals surface area contributed by atoms with E-state index in [9.17, 15) is 20.1 Å². The van der Waals surface area contributed by atoms with Crippen molar-refractivity contribution in [1.29, 1.82) is 0 Å². The third-order valence-electron chi connectivity index (χ3n) is 8.22. The van der Waals surface area contributed by atoms with Gasteiger partial charge in [0.25, 0.3) is 0 Å². The monoisotopic (exact) mass is 669 g/mol. The molecule has 1 aromatic rings. The number of esters is 1. The molecule has 3 unspecified atom stereocenters. The molecule has 5 atom stereocenters. The molecular weight excluding hydrogens is 631 g/mol. The molecule has 3 saturated carbocycles. The minimum Gasteiger partial charge on any atom is -0.465 e. The van der Waals surface area contributed by atoms with E-state index in [0.717, 1.165) is 37.2 Å². The Bertz CT molecular complexity index is 799. The van der Waals surface area contributed by atoms with E-state index in [4.69, 9.17) is 4.74 Å². The molecule has 33 heavy (non-hydrogen) atoms. The quantitative estimate of drug-likeness (QED) is 0.259. The summed E-state index contributed by atoms with van der Waals surface area (Å²) in [5.74, 6) is 0.376. The van der Waals surface area contributed by atoms with E-state index in [1.165, 1.54) is 32.8 Å². The van der Waals surface area contributed by atoms with Crippen LogP contribution < -0.4 is 0 Å². The third kappa shape index (κ3) is 6.70. The number of rotatable bonds is 10. The molecule has 1 aromatic carbocycles. The van der Waals surface area contributed by atoms with E-state index in [2.05, 4.69) is 0 Å². The number of aliphatic hydroxyl groups is 3. The average molecular weight is 670 g/mol. The number of aryl methyl sites for hydroxylation is 1. The molecule has 3 aliphatic carbocycles. The molecule has 0 aromatic heterocycles. The van der Waals surface area contributed by atoms with Crippen molar-refractivity contribution in [3.8, 4) is 0 Å². The molecule has 0 saturated heterocycles. The summed E-state index contributed by atoms with van der Waals surface area (Å²) in [5.41, 5.74) is 1.74. The predicted octanol–water partition coefficient (Wildman–Crippen LogP) is 4.04. The van der Waals surface area contributed by atoms with Crippen LogP contribution in [-0.2, 0) is 11.2 Å². The Morgan fingerprint density at radius 2 is 1.88 bits per heavy atom. The molecule has 0 amide bonds. The summed E-state index contributed by atoms with van der Waals surface area (Å²) in [4.78, 5) is 11.6. The Labute approximate surface area is 233 Å². The summed E-state index contributed by atoms with van der Waals surface area (Å²) < 4.78 is 4.74. The predicted molar refractivity (Wildman–Crippen MR) is 123 cm³/mol. The zero-order valence-electron chi connectivity index (χ0n) is 19.7. The van der Waals surface area contributed by atoms with Crippen molar-refractivity contribution < 1.29 is 68.9 Å². The first-order valence-corrected chi connectivity index (χ1v) is 12.3. The van der Waals surface area contributed by atoms with E-state index >= 15 is 0 Å². The Balaban J connectivity index is 0.00000306. The van der Waals surface area contributed by atoms with E-state index in [-0.39, 0.29) is 73.4 Å². The van der Waals surface area contributed by atoms with Gasteiger partial charge in [-0.1, -0.05) is 43.5 Å². The van der Waals surface area contributed by atoms with E-state index in [1.807, 2.05) is 24.3 Å². The second kappa shape index (κ2) is 12.1. The molecule has 6 heteroatoms. The van der Waals surface area contributed by atoms with Crippen LogP contribution in [0.15, 0.2) is 36.4 Å². The first-order chi connectivity index (χ1) is 15.4. The number of carbonyl (C=O) groups excluding carboxylic acids is 1. The topological polar surface area (TPSA) is 87.0 Å². The molecule has 3 N–H and O–H groups in total. The van der Waals surface area contributed by atoms with Crippen LogP contribution in [0.4, 0.5) is 0 Å². The number of hydrogen-bond donors (Lipinski definition) is 3. The van der Waals surface area contributed by atoms with Crippen LogP contribution in [0.5, 0.6) is 0 Å². The Morgan fingerprint density at radius 3 is 2.45 bits per heavy atom. The van der Waals surface area contributed by atoms with Gasteiger partial charge in [0.05, 0.1) is 31.0 Å². The zero-order chi connectivity index (χ0) is 22.7. The fourth-order valence-corrected chi connectivity index (χ4v) is 5.85. The number of ether oxygens (including phenoxy) is 1. The van der Waals surface area contributed by atoms with Crippen molar-refractivity contribution in [3.05, 3.63) is 47.5 Å². The first kappa shape index (κ1) is 27.3. The summed E-state index contributed by atoms with van der Waals surface area (Å²) in [7, 11) is 1.37. The number of methoxy groups -OCH3 is 1. The van der Waals surface area contributed by atoms with Crippen molar-refractivity contribution in [2.75, 3.05) is 7.11 Å². The maximum absolute atomic E-state index is 11.6. The van der Waals surface area contributed by atoms with Gasteiger partial charge in [0.2, 0.25) is 0 Å². The average Bonchev–Trinajstić information content (AvgIpc) is 3.54. The molecule has 4 rings (SSSR count). The maximum atomic E-state index is 11.6. The van der Waals surface area contributed by atoms with Crippen molar-refractivity contribution in [1.82, 2.24) is 0 Å². The Hall–Kier alpha value is -0.248. The summed E-state index contributed by atoms with van der Waals surface area (Å²) in [6, 6.07) is 7.36. The fourth-order valence-electron chi connectivity index (χ4n) is 5.85. The Kier molecular flexibility index (Phi) is 10.1. The summed E-state index contributed by atoms with van der Waals surface area (Å²) in [5, 5.41) is 32.0. The van der Waals surface area contributed by atoms with Crippen molar-refractivity contribution in [2.24, 2.45) is 23.2 Å². The smallest absolute Gasteiger partial charge is 0.337 e. The van der Waals surface area contributed by atoms with Gasteiger partial charge in [-0.2, -0.15) is 0 Å². The van der Waals surface area contributed by atoms with Crippen molar-refractivity contribution >= 4 is 5.97 Å². The Morgan fingerprint density at radius 1 is 1.18 bits per heavy atom. The summed E-state index contributed by atoms with van der Waals surface area (Å²) in [6.07, 6.45) is 12.6. The van der Waals surface area contributed by atoms with Crippen LogP contribution in [0.3, 0.4) is 0 Å². The molecule has 1 radical (unpaired) electrons. The molecule has 0 spiro atoms. The van der Waals surface area contributed by atoms with Gasteiger partial charge >= 0.3 is 5.97 Å². The second-order valence-corrected chi connectivity index (χ2v) is 10.4. The van der Waals surface area contributed by atoms with Crippen LogP contribution in [0.25, 0.3) is 0 Å².